The molecule has 6 heterocycles. The number of nitrogens with zero attached hydrogens (tertiary/aromatic N) is 10. The van der Waals surface area contributed by atoms with Crippen LogP contribution in [0.25, 0.3) is 0 Å². The highest BCUT2D eigenvalue weighted by atomic mass is 32.1. The minimum Gasteiger partial charge on any atom is -0.499 e. The maximum atomic E-state index is 14.5. The SMILES string of the molecule is CC(C)[C@@H](C(=O)O)N(C)C.CC(C)[C@H](O)C(=O)O.CC[C@H](C)[C@@H]([C@@H](CC(=O)N1CCC[C@H]1C(OC)[C@@H](C)C(=O)N[C@@H](Cc1ccccc1)c1nccs1)OC)N(C)C(=O)[C@@H](NC(=O)[C@H](C(C)C)N(C)C)C(C)C.COC1=CC(=O)N(C(=O)[C@@H](OC(=O)[C@@H]2CCCN2C(=O)[C@@H]2CCCN2C(=O)[C@H](C(C)C)N(C)C(=O)[C@@H](NC(=O)[C@H](C(C)C)N(C)C)C(C)C)C(C)C)[C@H]1Cc1ccccc1.COC1=CC(=O)N[C@H]1Cc1ccccc1. The second-order valence-corrected chi connectivity index (χ2v) is 43.5. The smallest absolute Gasteiger partial charge is 0.332 e. The summed E-state index contributed by atoms with van der Waals surface area (Å²) < 4.78 is 28.7. The quantitative estimate of drug-likeness (QED) is 0.0202. The van der Waals surface area contributed by atoms with Crippen molar-refractivity contribution in [3.8, 4) is 0 Å². The summed E-state index contributed by atoms with van der Waals surface area (Å²) in [5, 5.41) is 40.2. The van der Waals surface area contributed by atoms with E-state index in [4.69, 9.17) is 39.0 Å². The molecule has 0 bridgehead atoms. The molecular formula is C111H174N14O22S. The number of rotatable bonds is 46. The van der Waals surface area contributed by atoms with Crippen molar-refractivity contribution >= 4 is 94.2 Å². The average Bonchev–Trinajstić information content (AvgIpc) is 1.62. The van der Waals surface area contributed by atoms with Crippen molar-refractivity contribution in [2.24, 2.45) is 59.2 Å². The van der Waals surface area contributed by atoms with Crippen LogP contribution in [0.4, 0.5) is 0 Å². The predicted molar refractivity (Wildman–Crippen MR) is 569 cm³/mol. The zero-order valence-corrected chi connectivity index (χ0v) is 94.3. The maximum Gasteiger partial charge on any atom is 0.332 e. The summed E-state index contributed by atoms with van der Waals surface area (Å²) in [6.45, 7) is 36.7. The molecule has 3 saturated heterocycles. The van der Waals surface area contributed by atoms with E-state index in [9.17, 15) is 67.1 Å². The van der Waals surface area contributed by atoms with Crippen molar-refractivity contribution < 1.29 is 106 Å². The molecule has 5 aliphatic rings. The van der Waals surface area contributed by atoms with Crippen LogP contribution in [0, 0.1) is 59.2 Å². The van der Waals surface area contributed by atoms with Crippen LogP contribution in [0.1, 0.15) is 211 Å². The van der Waals surface area contributed by atoms with Gasteiger partial charge in [-0.25, -0.2) is 14.6 Å². The topological polar surface area (TPSA) is 436 Å². The van der Waals surface area contributed by atoms with Crippen LogP contribution in [-0.2, 0) is 110 Å². The second-order valence-electron chi connectivity index (χ2n) is 42.6. The first kappa shape index (κ1) is 127. The van der Waals surface area contributed by atoms with Gasteiger partial charge in [-0.3, -0.25) is 77.1 Å². The molecule has 36 nitrogen and oxygen atoms in total. The van der Waals surface area contributed by atoms with Gasteiger partial charge < -0.3 is 84.8 Å². The number of amides is 11. The number of aliphatic hydroxyl groups excluding tert-OH is 1. The number of carbonyl (C=O) groups excluding carboxylic acids is 12. The zero-order valence-electron chi connectivity index (χ0n) is 93.4. The molecule has 9 rings (SSSR count). The Morgan fingerprint density at radius 3 is 1.40 bits per heavy atom. The van der Waals surface area contributed by atoms with Gasteiger partial charge in [-0.1, -0.05) is 229 Å². The number of imide groups is 1. The molecule has 0 radical (unpaired) electrons. The van der Waals surface area contributed by atoms with Crippen LogP contribution < -0.4 is 21.3 Å². The molecule has 7 N–H and O–H groups in total. The highest BCUT2D eigenvalue weighted by Crippen LogP contribution is 2.35. The lowest BCUT2D eigenvalue weighted by Gasteiger charge is -2.41. The Bertz CT molecular complexity index is 4940. The molecule has 148 heavy (non-hydrogen) atoms. The van der Waals surface area contributed by atoms with Crippen LogP contribution in [0.15, 0.2) is 126 Å². The molecule has 19 atom stereocenters. The number of likely N-dealkylation sites (N-methyl/N-ethyl adjacent to an activating group) is 5. The first-order valence-corrected chi connectivity index (χ1v) is 52.9. The van der Waals surface area contributed by atoms with E-state index >= 15 is 0 Å². The summed E-state index contributed by atoms with van der Waals surface area (Å²) in [4.78, 5) is 204. The highest BCUT2D eigenvalue weighted by molar-refractivity contribution is 7.09. The van der Waals surface area contributed by atoms with Gasteiger partial charge in [0.25, 0.3) is 11.8 Å². The molecule has 1 unspecified atom stereocenters. The number of esters is 1. The van der Waals surface area contributed by atoms with E-state index in [1.165, 1.54) is 50.9 Å². The lowest BCUT2D eigenvalue weighted by atomic mass is 9.89. The number of carboxylic acids is 2. The molecule has 1 aromatic heterocycles. The van der Waals surface area contributed by atoms with Crippen molar-refractivity contribution in [1.29, 1.82) is 0 Å². The lowest BCUT2D eigenvalue weighted by molar-refractivity contribution is -0.170. The van der Waals surface area contributed by atoms with Crippen LogP contribution in [0.5, 0.6) is 0 Å². The van der Waals surface area contributed by atoms with E-state index in [0.29, 0.717) is 69.6 Å². The number of ether oxygens (including phenoxy) is 5. The Morgan fingerprint density at radius 1 is 0.507 bits per heavy atom. The zero-order chi connectivity index (χ0) is 111. The number of carboxylic acid groups (broad SMARTS) is 2. The van der Waals surface area contributed by atoms with E-state index in [-0.39, 0.29) is 132 Å². The summed E-state index contributed by atoms with van der Waals surface area (Å²) in [5.41, 5.74) is 3.17. The molecule has 37 heteroatoms. The Labute approximate surface area is 882 Å². The lowest BCUT2D eigenvalue weighted by Crippen LogP contribution is -2.61. The highest BCUT2D eigenvalue weighted by Gasteiger charge is 2.51. The molecule has 11 amide bonds. The molecular weight excluding hydrogens is 1910 g/mol. The Hall–Kier alpha value is -11.1. The van der Waals surface area contributed by atoms with Gasteiger partial charge in [0, 0.05) is 78.1 Å². The number of thiazole rings is 1. The van der Waals surface area contributed by atoms with Crippen molar-refractivity contribution in [3.63, 3.8) is 0 Å². The van der Waals surface area contributed by atoms with Gasteiger partial charge in [0.05, 0.1) is 75.0 Å². The van der Waals surface area contributed by atoms with Crippen molar-refractivity contribution in [2.45, 2.75) is 305 Å². The summed E-state index contributed by atoms with van der Waals surface area (Å²) in [5.74, 6) is -6.90. The fraction of sp³-hybridized carbons (Fsp3) is 0.649. The predicted octanol–water partition coefficient (Wildman–Crippen LogP) is 10.4. The van der Waals surface area contributed by atoms with Gasteiger partial charge in [-0.2, -0.15) is 0 Å². The van der Waals surface area contributed by atoms with Crippen LogP contribution in [0.2, 0.25) is 0 Å². The molecule has 4 aromatic rings. The van der Waals surface area contributed by atoms with Gasteiger partial charge in [-0.05, 0) is 164 Å². The number of nitrogens with one attached hydrogen (secondary N) is 4. The van der Waals surface area contributed by atoms with E-state index in [0.717, 1.165) is 40.3 Å². The monoisotopic (exact) mass is 2090 g/mol. The van der Waals surface area contributed by atoms with Crippen LogP contribution in [-0.4, -0.2) is 349 Å². The van der Waals surface area contributed by atoms with Gasteiger partial charge in [0.1, 0.15) is 58.8 Å². The standard InChI is InChI=1S/C45H68N6O9.C42H68N6O6S.C12H13NO2.C7H15NO2.C5H10O3/c1-26(2)36(46-40(53)37(27(3)4)47(9)10)42(55)48(11)38(28(5)6)43(56)49-22-16-20-31(49)41(54)50-23-17-21-32(50)45(58)60-39(29(7)8)44(57)51-33(34(59-12)25-35(51)52)24-30-18-14-13-15-19-30;1-13-28(6)37(47(10)42(52)35(26(2)3)45-40(51)36(27(4)5)46(8)9)33(53-11)25-34(49)48-22-17-20-32(48)38(54-12)29(7)39(50)44-31(41-43-21-23-55-41)24-30-18-15-14-16-19-30;1-15-11-8-12(14)13-10(11)7-9-5-3-2-4-6-9;1-5(2)6(7(9)10)8(3)4;1-3(2)4(6)5(7)8/h13-15,18-19,25-29,31-33,36-39H,16-17,20-24H2,1-12H3,(H,46,53);14-16,18-19,21,23,26-29,31-33,35-38H,13,17,20,22,24-25H2,1-12H3,(H,44,50)(H,45,51);2-6,8,10H,7H2,1H3,(H,13,14);5-6H,1-4H3,(H,9,10);3-4,6H,1-2H3,(H,7,8)/t31-,32-,33-,36-,37-,38-,39-;28-,29+,31-,32-,33+,35-,36-,37-,38?;10-;6-;4-/m00000/s1. The summed E-state index contributed by atoms with van der Waals surface area (Å²) in [6.07, 6.45) is 6.57. The van der Waals surface area contributed by atoms with E-state index < -0.39 is 126 Å². The molecule has 5 aliphatic heterocycles. The number of hydrogen-bond acceptors (Lipinski definition) is 25. The molecule has 0 spiro atoms. The molecule has 826 valence electrons. The summed E-state index contributed by atoms with van der Waals surface area (Å²) >= 11 is 1.51. The number of benzene rings is 3. The van der Waals surface area contributed by atoms with E-state index in [1.807, 2.05) is 229 Å². The number of aliphatic hydroxyl groups is 1. The van der Waals surface area contributed by atoms with E-state index in [2.05, 4.69) is 40.1 Å². The Balaban J connectivity index is 0.000000396. The largest absolute Gasteiger partial charge is 0.499 e. The average molecular weight is 2090 g/mol. The summed E-state index contributed by atoms with van der Waals surface area (Å²) in [6, 6.07) is 22.0. The second kappa shape index (κ2) is 61.3. The molecule has 3 fully saturated rings. The van der Waals surface area contributed by atoms with Crippen LogP contribution in [0.3, 0.4) is 0 Å². The van der Waals surface area contributed by atoms with Crippen LogP contribution >= 0.6 is 11.3 Å². The first-order valence-electron chi connectivity index (χ1n) is 52.0. The Morgan fingerprint density at radius 2 is 0.980 bits per heavy atom. The minimum absolute atomic E-state index is 0.00726. The summed E-state index contributed by atoms with van der Waals surface area (Å²) in [7, 11) is 20.4. The molecule has 0 saturated carbocycles. The third-order valence-electron chi connectivity index (χ3n) is 28.0. The number of carbonyl (C=O) groups is 14. The van der Waals surface area contributed by atoms with Gasteiger partial charge in [0.2, 0.25) is 53.2 Å². The van der Waals surface area contributed by atoms with E-state index in [1.54, 1.807) is 93.2 Å². The van der Waals surface area contributed by atoms with Gasteiger partial charge >= 0.3 is 17.9 Å². The molecule has 0 aliphatic carbocycles. The number of likely N-dealkylation sites (tertiary alicyclic amines) is 3. The number of aromatic nitrogens is 1. The van der Waals surface area contributed by atoms with Gasteiger partial charge in [-0.15, -0.1) is 11.3 Å². The first-order chi connectivity index (χ1) is 69.6. The Kier molecular flexibility index (Phi) is 52.7. The number of methoxy groups -OCH3 is 4. The normalized spacial score (nSPS) is 19.5. The molecule has 3 aromatic carbocycles. The third-order valence-corrected chi connectivity index (χ3v) is 28.9. The maximum absolute atomic E-state index is 14.5. The third kappa shape index (κ3) is 35.8. The minimum atomic E-state index is -1.31. The van der Waals surface area contributed by atoms with Gasteiger partial charge in [0.15, 0.2) is 12.2 Å². The number of aliphatic carboxylic acids is 2. The fourth-order valence-electron chi connectivity index (χ4n) is 20.2. The number of hydrogen-bond donors (Lipinski definition) is 7. The van der Waals surface area contributed by atoms with Crippen molar-refractivity contribution in [1.82, 2.24) is 70.4 Å². The fourth-order valence-corrected chi connectivity index (χ4v) is 20.9. The van der Waals surface area contributed by atoms with Crippen molar-refractivity contribution in [2.75, 3.05) is 104 Å². The van der Waals surface area contributed by atoms with Crippen molar-refractivity contribution in [3.05, 3.63) is 148 Å².